The Hall–Kier alpha value is -1.77. The van der Waals surface area contributed by atoms with Gasteiger partial charge in [0.2, 0.25) is 5.91 Å². The lowest BCUT2D eigenvalue weighted by Gasteiger charge is -2.02. The van der Waals surface area contributed by atoms with Gasteiger partial charge >= 0.3 is 0 Å². The van der Waals surface area contributed by atoms with Crippen LogP contribution in [0.3, 0.4) is 0 Å². The van der Waals surface area contributed by atoms with Crippen LogP contribution in [-0.4, -0.2) is 12.5 Å². The molecule has 0 bridgehead atoms. The van der Waals surface area contributed by atoms with E-state index in [-0.39, 0.29) is 0 Å². The highest BCUT2D eigenvalue weighted by Crippen LogP contribution is 2.14. The van der Waals surface area contributed by atoms with E-state index >= 15 is 0 Å². The maximum atomic E-state index is 10.8. The highest BCUT2D eigenvalue weighted by molar-refractivity contribution is 5.95. The van der Waals surface area contributed by atoms with Crippen molar-refractivity contribution in [2.45, 2.75) is 13.8 Å². The van der Waals surface area contributed by atoms with Crippen LogP contribution < -0.4 is 10.5 Å². The van der Waals surface area contributed by atoms with E-state index in [4.69, 9.17) is 10.5 Å². The average molecular weight is 205 g/mol. The van der Waals surface area contributed by atoms with Crippen LogP contribution in [-0.2, 0) is 4.79 Å². The minimum Gasteiger partial charge on any atom is -0.494 e. The summed E-state index contributed by atoms with van der Waals surface area (Å²) in [5.41, 5.74) is 6.61. The normalized spacial score (nSPS) is 11.2. The van der Waals surface area contributed by atoms with Gasteiger partial charge in [-0.05, 0) is 37.6 Å². The van der Waals surface area contributed by atoms with Gasteiger partial charge in [-0.3, -0.25) is 4.79 Å². The standard InChI is InChI=1S/C12H15NO2/c1-3-15-11-6-4-10(5-7-11)8-9(2)12(13)14/h4-8H,3H2,1-2H3,(H2,13,14). The summed E-state index contributed by atoms with van der Waals surface area (Å²) in [5.74, 6) is 0.426. The van der Waals surface area contributed by atoms with Crippen molar-refractivity contribution in [3.63, 3.8) is 0 Å². The van der Waals surface area contributed by atoms with Crippen molar-refractivity contribution in [1.82, 2.24) is 0 Å². The van der Waals surface area contributed by atoms with Crippen molar-refractivity contribution in [3.05, 3.63) is 35.4 Å². The number of carbonyl (C=O) groups is 1. The van der Waals surface area contributed by atoms with Gasteiger partial charge in [0.1, 0.15) is 5.75 Å². The molecule has 3 nitrogen and oxygen atoms in total. The molecule has 0 heterocycles. The molecule has 1 aromatic carbocycles. The van der Waals surface area contributed by atoms with Gasteiger partial charge in [-0.1, -0.05) is 12.1 Å². The third-order valence-corrected chi connectivity index (χ3v) is 1.96. The fourth-order valence-corrected chi connectivity index (χ4v) is 1.15. The van der Waals surface area contributed by atoms with E-state index < -0.39 is 5.91 Å². The first-order valence-corrected chi connectivity index (χ1v) is 4.84. The Kier molecular flexibility index (Phi) is 3.92. The van der Waals surface area contributed by atoms with Crippen molar-refractivity contribution in [2.24, 2.45) is 5.73 Å². The Balaban J connectivity index is 2.80. The largest absolute Gasteiger partial charge is 0.494 e. The third kappa shape index (κ3) is 3.46. The molecule has 0 aliphatic carbocycles. The molecule has 0 aromatic heterocycles. The summed E-state index contributed by atoms with van der Waals surface area (Å²) in [7, 11) is 0. The van der Waals surface area contributed by atoms with Crippen LogP contribution in [0.4, 0.5) is 0 Å². The van der Waals surface area contributed by atoms with Crippen LogP contribution in [0, 0.1) is 0 Å². The van der Waals surface area contributed by atoms with E-state index in [1.54, 1.807) is 13.0 Å². The minimum absolute atomic E-state index is 0.399. The Morgan fingerprint density at radius 3 is 2.47 bits per heavy atom. The second-order valence-corrected chi connectivity index (χ2v) is 3.19. The highest BCUT2D eigenvalue weighted by atomic mass is 16.5. The topological polar surface area (TPSA) is 52.3 Å². The molecule has 15 heavy (non-hydrogen) atoms. The number of primary amides is 1. The predicted octanol–water partition coefficient (Wildman–Crippen LogP) is 1.97. The van der Waals surface area contributed by atoms with Crippen molar-refractivity contribution in [1.29, 1.82) is 0 Å². The molecule has 1 amide bonds. The van der Waals surface area contributed by atoms with Gasteiger partial charge < -0.3 is 10.5 Å². The lowest BCUT2D eigenvalue weighted by atomic mass is 10.1. The van der Waals surface area contributed by atoms with Gasteiger partial charge in [0.25, 0.3) is 0 Å². The summed E-state index contributed by atoms with van der Waals surface area (Å²) in [6.45, 7) is 4.28. The molecule has 2 N–H and O–H groups in total. The van der Waals surface area contributed by atoms with Gasteiger partial charge in [-0.15, -0.1) is 0 Å². The molecule has 1 aromatic rings. The zero-order chi connectivity index (χ0) is 11.3. The van der Waals surface area contributed by atoms with Gasteiger partial charge in [0.15, 0.2) is 0 Å². The first-order chi connectivity index (χ1) is 7.13. The van der Waals surface area contributed by atoms with E-state index in [0.717, 1.165) is 11.3 Å². The number of hydrogen-bond donors (Lipinski definition) is 1. The van der Waals surface area contributed by atoms with E-state index in [0.29, 0.717) is 12.2 Å². The molecule has 0 saturated carbocycles. The molecule has 0 aliphatic rings. The average Bonchev–Trinajstić information content (AvgIpc) is 2.21. The molecule has 0 saturated heterocycles. The Bertz CT molecular complexity index is 366. The fourth-order valence-electron chi connectivity index (χ4n) is 1.15. The lowest BCUT2D eigenvalue weighted by Crippen LogP contribution is -2.11. The van der Waals surface area contributed by atoms with E-state index in [1.807, 2.05) is 31.2 Å². The van der Waals surface area contributed by atoms with Crippen molar-refractivity contribution in [2.75, 3.05) is 6.61 Å². The molecule has 3 heteroatoms. The van der Waals surface area contributed by atoms with E-state index in [9.17, 15) is 4.79 Å². The van der Waals surface area contributed by atoms with Crippen molar-refractivity contribution >= 4 is 12.0 Å². The van der Waals surface area contributed by atoms with Crippen LogP contribution in [0.5, 0.6) is 5.75 Å². The highest BCUT2D eigenvalue weighted by Gasteiger charge is 1.97. The van der Waals surface area contributed by atoms with E-state index in [2.05, 4.69) is 0 Å². The molecule has 0 radical (unpaired) electrons. The molecular formula is C12H15NO2. The maximum absolute atomic E-state index is 10.8. The van der Waals surface area contributed by atoms with Gasteiger partial charge in [0.05, 0.1) is 6.61 Å². The quantitative estimate of drug-likeness (QED) is 0.764. The summed E-state index contributed by atoms with van der Waals surface area (Å²) in [6.07, 6.45) is 1.75. The van der Waals surface area contributed by atoms with Gasteiger partial charge in [0, 0.05) is 5.57 Å². The second kappa shape index (κ2) is 5.20. The Labute approximate surface area is 89.5 Å². The molecule has 0 spiro atoms. The number of amides is 1. The number of rotatable bonds is 4. The van der Waals surface area contributed by atoms with Gasteiger partial charge in [-0.2, -0.15) is 0 Å². The van der Waals surface area contributed by atoms with E-state index in [1.165, 1.54) is 0 Å². The fraction of sp³-hybridized carbons (Fsp3) is 0.250. The van der Waals surface area contributed by atoms with Crippen LogP contribution in [0.2, 0.25) is 0 Å². The first kappa shape index (κ1) is 11.3. The zero-order valence-electron chi connectivity index (χ0n) is 8.99. The van der Waals surface area contributed by atoms with Crippen molar-refractivity contribution < 1.29 is 9.53 Å². The van der Waals surface area contributed by atoms with Gasteiger partial charge in [-0.25, -0.2) is 0 Å². The third-order valence-electron chi connectivity index (χ3n) is 1.96. The first-order valence-electron chi connectivity index (χ1n) is 4.84. The van der Waals surface area contributed by atoms with Crippen molar-refractivity contribution in [3.8, 4) is 5.75 Å². The molecule has 80 valence electrons. The van der Waals surface area contributed by atoms with Crippen LogP contribution >= 0.6 is 0 Å². The smallest absolute Gasteiger partial charge is 0.244 e. The lowest BCUT2D eigenvalue weighted by molar-refractivity contribution is -0.114. The number of hydrogen-bond acceptors (Lipinski definition) is 2. The molecular weight excluding hydrogens is 190 g/mol. The summed E-state index contributed by atoms with van der Waals surface area (Å²) >= 11 is 0. The number of nitrogens with two attached hydrogens (primary N) is 1. The summed E-state index contributed by atoms with van der Waals surface area (Å²) in [6, 6.07) is 7.50. The molecule has 0 aliphatic heterocycles. The summed E-state index contributed by atoms with van der Waals surface area (Å²) in [4.78, 5) is 10.8. The summed E-state index contributed by atoms with van der Waals surface area (Å²) < 4.78 is 5.30. The van der Waals surface area contributed by atoms with Crippen LogP contribution in [0.25, 0.3) is 6.08 Å². The number of carbonyl (C=O) groups excluding carboxylic acids is 1. The second-order valence-electron chi connectivity index (χ2n) is 3.19. The number of benzene rings is 1. The summed E-state index contributed by atoms with van der Waals surface area (Å²) in [5, 5.41) is 0. The Morgan fingerprint density at radius 1 is 1.40 bits per heavy atom. The van der Waals surface area contributed by atoms with Crippen LogP contribution in [0.1, 0.15) is 19.4 Å². The predicted molar refractivity (Wildman–Crippen MR) is 60.5 cm³/mol. The van der Waals surface area contributed by atoms with Crippen LogP contribution in [0.15, 0.2) is 29.8 Å². The SMILES string of the molecule is CCOc1ccc(C=C(C)C(N)=O)cc1. The maximum Gasteiger partial charge on any atom is 0.244 e. The Morgan fingerprint density at radius 2 is 2.00 bits per heavy atom. The molecule has 1 rings (SSSR count). The molecule has 0 unspecified atom stereocenters. The number of ether oxygens (including phenoxy) is 1. The monoisotopic (exact) mass is 205 g/mol. The minimum atomic E-state index is -0.399. The molecule has 0 fully saturated rings. The zero-order valence-corrected chi connectivity index (χ0v) is 8.99. The molecule has 0 atom stereocenters.